The van der Waals surface area contributed by atoms with Crippen LogP contribution >= 0.6 is 0 Å². The fourth-order valence-electron chi connectivity index (χ4n) is 0.951. The van der Waals surface area contributed by atoms with Gasteiger partial charge in [-0.25, -0.2) is 4.39 Å². The van der Waals surface area contributed by atoms with Crippen molar-refractivity contribution in [3.8, 4) is 5.75 Å². The SMILES string of the molecule is N[C@H](c1cc(F)ccc1O)C(F)(F)F. The average molecular weight is 209 g/mol. The maximum Gasteiger partial charge on any atom is 0.407 e. The zero-order valence-corrected chi connectivity index (χ0v) is 6.85. The van der Waals surface area contributed by atoms with E-state index in [0.29, 0.717) is 6.07 Å². The van der Waals surface area contributed by atoms with Gasteiger partial charge in [0.15, 0.2) is 0 Å². The second kappa shape index (κ2) is 3.45. The number of benzene rings is 1. The number of phenolic OH excluding ortho intramolecular Hbond substituents is 1. The fourth-order valence-corrected chi connectivity index (χ4v) is 0.951. The van der Waals surface area contributed by atoms with E-state index in [1.807, 2.05) is 0 Å². The normalized spacial score (nSPS) is 14.1. The Kier molecular flexibility index (Phi) is 2.66. The van der Waals surface area contributed by atoms with Crippen LogP contribution in [-0.4, -0.2) is 11.3 Å². The molecule has 0 bridgehead atoms. The summed E-state index contributed by atoms with van der Waals surface area (Å²) in [4.78, 5) is 0. The van der Waals surface area contributed by atoms with Crippen molar-refractivity contribution in [1.82, 2.24) is 0 Å². The van der Waals surface area contributed by atoms with Gasteiger partial charge in [-0.2, -0.15) is 13.2 Å². The van der Waals surface area contributed by atoms with Crippen molar-refractivity contribution >= 4 is 0 Å². The number of halogens is 4. The van der Waals surface area contributed by atoms with Crippen LogP contribution in [0.2, 0.25) is 0 Å². The maximum absolute atomic E-state index is 12.6. The number of phenols is 1. The van der Waals surface area contributed by atoms with E-state index in [-0.39, 0.29) is 0 Å². The number of nitrogens with two attached hydrogens (primary N) is 1. The van der Waals surface area contributed by atoms with Crippen molar-refractivity contribution in [2.24, 2.45) is 5.73 Å². The minimum atomic E-state index is -4.70. The Bertz CT molecular complexity index is 337. The fraction of sp³-hybridized carbons (Fsp3) is 0.250. The lowest BCUT2D eigenvalue weighted by Gasteiger charge is -2.16. The quantitative estimate of drug-likeness (QED) is 0.695. The molecule has 2 nitrogen and oxygen atoms in total. The minimum absolute atomic E-state index is 0.563. The van der Waals surface area contributed by atoms with Crippen LogP contribution < -0.4 is 5.73 Å². The molecule has 0 aromatic heterocycles. The largest absolute Gasteiger partial charge is 0.508 e. The summed E-state index contributed by atoms with van der Waals surface area (Å²) in [7, 11) is 0. The van der Waals surface area contributed by atoms with E-state index >= 15 is 0 Å². The lowest BCUT2D eigenvalue weighted by Crippen LogP contribution is -2.28. The van der Waals surface area contributed by atoms with Crippen LogP contribution in [0.4, 0.5) is 17.6 Å². The molecular weight excluding hydrogens is 202 g/mol. The maximum atomic E-state index is 12.6. The molecule has 0 saturated carbocycles. The predicted molar refractivity (Wildman–Crippen MR) is 41.0 cm³/mol. The smallest absolute Gasteiger partial charge is 0.407 e. The van der Waals surface area contributed by atoms with E-state index < -0.39 is 29.3 Å². The molecule has 1 atom stereocenters. The van der Waals surface area contributed by atoms with Crippen LogP contribution in [-0.2, 0) is 0 Å². The van der Waals surface area contributed by atoms with Crippen molar-refractivity contribution in [3.05, 3.63) is 29.6 Å². The molecule has 1 aromatic rings. The van der Waals surface area contributed by atoms with E-state index in [2.05, 4.69) is 0 Å². The van der Waals surface area contributed by atoms with Gasteiger partial charge in [0, 0.05) is 5.56 Å². The first-order valence-corrected chi connectivity index (χ1v) is 3.63. The zero-order valence-electron chi connectivity index (χ0n) is 6.85. The molecule has 1 aromatic carbocycles. The standard InChI is InChI=1S/C8H7F4NO/c9-4-1-2-6(14)5(3-4)7(13)8(10,11)12/h1-3,7,14H,13H2/t7-/m1/s1. The molecule has 0 unspecified atom stereocenters. The van der Waals surface area contributed by atoms with Crippen LogP contribution in [0, 0.1) is 5.82 Å². The Balaban J connectivity index is 3.12. The molecule has 0 amide bonds. The highest BCUT2D eigenvalue weighted by atomic mass is 19.4. The Morgan fingerprint density at radius 3 is 2.36 bits per heavy atom. The second-order valence-corrected chi connectivity index (χ2v) is 2.72. The summed E-state index contributed by atoms with van der Waals surface area (Å²) in [5.41, 5.74) is 4.12. The molecule has 0 fully saturated rings. The van der Waals surface area contributed by atoms with Crippen LogP contribution in [0.5, 0.6) is 5.75 Å². The molecule has 0 spiro atoms. The summed E-state index contributed by atoms with van der Waals surface area (Å²) in [5.74, 6) is -1.55. The highest BCUT2D eigenvalue weighted by molar-refractivity contribution is 5.35. The van der Waals surface area contributed by atoms with Crippen molar-refractivity contribution in [2.45, 2.75) is 12.2 Å². The molecule has 6 heteroatoms. The number of hydrogen-bond acceptors (Lipinski definition) is 2. The highest BCUT2D eigenvalue weighted by Gasteiger charge is 2.39. The highest BCUT2D eigenvalue weighted by Crippen LogP contribution is 2.34. The van der Waals surface area contributed by atoms with Crippen LogP contribution in [0.1, 0.15) is 11.6 Å². The molecule has 0 aliphatic rings. The summed E-state index contributed by atoms with van der Waals surface area (Å²) < 4.78 is 48.8. The van der Waals surface area contributed by atoms with E-state index in [9.17, 15) is 17.6 Å². The summed E-state index contributed by atoms with van der Waals surface area (Å²) in [6.07, 6.45) is -4.70. The van der Waals surface area contributed by atoms with Gasteiger partial charge in [-0.15, -0.1) is 0 Å². The van der Waals surface area contributed by atoms with Gasteiger partial charge in [0.25, 0.3) is 0 Å². The van der Waals surface area contributed by atoms with E-state index in [4.69, 9.17) is 10.8 Å². The van der Waals surface area contributed by atoms with Gasteiger partial charge in [0.2, 0.25) is 0 Å². The topological polar surface area (TPSA) is 46.2 Å². The lowest BCUT2D eigenvalue weighted by molar-refractivity contribution is -0.149. The van der Waals surface area contributed by atoms with Crippen molar-refractivity contribution < 1.29 is 22.7 Å². The first-order chi connectivity index (χ1) is 6.32. The lowest BCUT2D eigenvalue weighted by atomic mass is 10.1. The van der Waals surface area contributed by atoms with E-state index in [1.54, 1.807) is 0 Å². The van der Waals surface area contributed by atoms with Gasteiger partial charge in [-0.3, -0.25) is 0 Å². The van der Waals surface area contributed by atoms with E-state index in [0.717, 1.165) is 12.1 Å². The zero-order chi connectivity index (χ0) is 10.9. The molecule has 0 saturated heterocycles. The number of alkyl halides is 3. The minimum Gasteiger partial charge on any atom is -0.508 e. The van der Waals surface area contributed by atoms with Crippen LogP contribution in [0.15, 0.2) is 18.2 Å². The predicted octanol–water partition coefficient (Wildman–Crippen LogP) is 2.09. The Hall–Kier alpha value is -1.30. The van der Waals surface area contributed by atoms with Crippen molar-refractivity contribution in [3.63, 3.8) is 0 Å². The van der Waals surface area contributed by atoms with Gasteiger partial charge in [0.05, 0.1) is 0 Å². The van der Waals surface area contributed by atoms with Gasteiger partial charge in [0.1, 0.15) is 17.6 Å². The molecule has 0 radical (unpaired) electrons. The molecular formula is C8H7F4NO. The summed E-state index contributed by atoms with van der Waals surface area (Å²) in [5, 5.41) is 9.02. The van der Waals surface area contributed by atoms with Gasteiger partial charge < -0.3 is 10.8 Å². The molecule has 78 valence electrons. The third-order valence-electron chi connectivity index (χ3n) is 1.68. The Labute approximate surface area is 77.0 Å². The molecule has 0 aliphatic carbocycles. The average Bonchev–Trinajstić information content (AvgIpc) is 2.06. The Morgan fingerprint density at radius 1 is 1.29 bits per heavy atom. The van der Waals surface area contributed by atoms with Gasteiger partial charge in [-0.1, -0.05) is 0 Å². The monoisotopic (exact) mass is 209 g/mol. The number of aromatic hydroxyl groups is 1. The molecule has 14 heavy (non-hydrogen) atoms. The van der Waals surface area contributed by atoms with Gasteiger partial charge >= 0.3 is 6.18 Å². The van der Waals surface area contributed by atoms with Crippen molar-refractivity contribution in [2.75, 3.05) is 0 Å². The molecule has 1 rings (SSSR count). The molecule has 3 N–H and O–H groups in total. The first kappa shape index (κ1) is 10.8. The third-order valence-corrected chi connectivity index (χ3v) is 1.68. The number of rotatable bonds is 1. The van der Waals surface area contributed by atoms with Crippen LogP contribution in [0.3, 0.4) is 0 Å². The summed E-state index contributed by atoms with van der Waals surface area (Å²) >= 11 is 0. The van der Waals surface area contributed by atoms with Crippen LogP contribution in [0.25, 0.3) is 0 Å². The van der Waals surface area contributed by atoms with Crippen molar-refractivity contribution in [1.29, 1.82) is 0 Å². The van der Waals surface area contributed by atoms with Gasteiger partial charge in [-0.05, 0) is 18.2 Å². The summed E-state index contributed by atoms with van der Waals surface area (Å²) in [6, 6.07) is -0.135. The second-order valence-electron chi connectivity index (χ2n) is 2.72. The Morgan fingerprint density at radius 2 is 1.86 bits per heavy atom. The third kappa shape index (κ3) is 2.14. The molecule has 0 aliphatic heterocycles. The number of hydrogen-bond donors (Lipinski definition) is 2. The van der Waals surface area contributed by atoms with E-state index in [1.165, 1.54) is 0 Å². The summed E-state index contributed by atoms with van der Waals surface area (Å²) in [6.45, 7) is 0. The first-order valence-electron chi connectivity index (χ1n) is 3.63. The molecule has 0 heterocycles.